The van der Waals surface area contributed by atoms with Crippen LogP contribution in [0.3, 0.4) is 0 Å². The molecule has 0 aromatic carbocycles. The van der Waals surface area contributed by atoms with Crippen molar-refractivity contribution in [3.8, 4) is 0 Å². The maximum Gasteiger partial charge on any atom is 0.0964 e. The van der Waals surface area contributed by atoms with E-state index in [1.54, 1.807) is 0 Å². The van der Waals surface area contributed by atoms with Crippen LogP contribution in [0.2, 0.25) is 0 Å². The Morgan fingerprint density at radius 2 is 2.09 bits per heavy atom. The Morgan fingerprint density at radius 1 is 1.36 bits per heavy atom. The smallest absolute Gasteiger partial charge is 0.0964 e. The van der Waals surface area contributed by atoms with Gasteiger partial charge in [-0.3, -0.25) is 0 Å². The summed E-state index contributed by atoms with van der Waals surface area (Å²) >= 11 is 1.91. The highest BCUT2D eigenvalue weighted by atomic mass is 32.1. The molecule has 2 bridgehead atoms. The minimum atomic E-state index is 0.755. The fourth-order valence-electron chi connectivity index (χ4n) is 1.96. The summed E-state index contributed by atoms with van der Waals surface area (Å²) < 4.78 is 0. The third kappa shape index (κ3) is 0.924. The Balaban J connectivity index is 2.31. The second kappa shape index (κ2) is 2.59. The average molecular weight is 167 g/mol. The first kappa shape index (κ1) is 7.29. The predicted octanol–water partition coefficient (Wildman–Crippen LogP) is 3.14. The van der Waals surface area contributed by atoms with Crippen molar-refractivity contribution in [2.75, 3.05) is 0 Å². The Hall–Kier alpha value is -0.370. The summed E-state index contributed by atoms with van der Waals surface area (Å²) in [6, 6.07) is 0. The topological polar surface area (TPSA) is 12.9 Å². The van der Waals surface area contributed by atoms with Crippen molar-refractivity contribution >= 4 is 11.3 Å². The van der Waals surface area contributed by atoms with Gasteiger partial charge in [0.15, 0.2) is 0 Å². The first-order valence-electron chi connectivity index (χ1n) is 4.32. The van der Waals surface area contributed by atoms with Gasteiger partial charge in [-0.15, -0.1) is 11.3 Å². The molecule has 0 aliphatic carbocycles. The molecule has 0 amide bonds. The summed E-state index contributed by atoms with van der Waals surface area (Å²) in [5.41, 5.74) is 0. The van der Waals surface area contributed by atoms with Gasteiger partial charge in [0.1, 0.15) is 0 Å². The second-order valence-electron chi connectivity index (χ2n) is 3.13. The van der Waals surface area contributed by atoms with Crippen LogP contribution in [0.1, 0.15) is 48.4 Å². The molecule has 1 aliphatic heterocycles. The predicted molar refractivity (Wildman–Crippen MR) is 48.2 cm³/mol. The van der Waals surface area contributed by atoms with E-state index >= 15 is 0 Å². The molecule has 0 fully saturated rings. The van der Waals surface area contributed by atoms with Crippen LogP contribution >= 0.6 is 11.3 Å². The molecule has 1 aliphatic rings. The minimum absolute atomic E-state index is 0.755. The molecule has 1 aromatic rings. The summed E-state index contributed by atoms with van der Waals surface area (Å²) in [4.78, 5) is 5.88. The number of nitrogens with zero attached hydrogens (tertiary/aromatic N) is 1. The number of thiazole rings is 1. The van der Waals surface area contributed by atoms with Gasteiger partial charge in [-0.2, -0.15) is 0 Å². The summed E-state index contributed by atoms with van der Waals surface area (Å²) in [6.45, 7) is 4.54. The lowest BCUT2D eigenvalue weighted by atomic mass is 9.87. The van der Waals surface area contributed by atoms with E-state index < -0.39 is 0 Å². The first-order valence-corrected chi connectivity index (χ1v) is 5.14. The Morgan fingerprint density at radius 3 is 2.64 bits per heavy atom. The molecular weight excluding hydrogens is 154 g/mol. The van der Waals surface area contributed by atoms with Gasteiger partial charge in [0, 0.05) is 22.9 Å². The third-order valence-electron chi connectivity index (χ3n) is 2.59. The minimum Gasteiger partial charge on any atom is -0.249 e. The molecule has 2 unspecified atom stereocenters. The van der Waals surface area contributed by atoms with E-state index in [9.17, 15) is 0 Å². The highest BCUT2D eigenvalue weighted by Crippen LogP contribution is 2.47. The Bertz CT molecular complexity index is 229. The second-order valence-corrected chi connectivity index (χ2v) is 4.22. The van der Waals surface area contributed by atoms with Crippen molar-refractivity contribution in [1.29, 1.82) is 0 Å². The first-order chi connectivity index (χ1) is 5.36. The largest absolute Gasteiger partial charge is 0.249 e. The highest BCUT2D eigenvalue weighted by Gasteiger charge is 2.32. The van der Waals surface area contributed by atoms with E-state index in [4.69, 9.17) is 0 Å². The van der Waals surface area contributed by atoms with Gasteiger partial charge in [-0.25, -0.2) is 4.98 Å². The number of rotatable bonds is 2. The molecule has 0 N–H and O–H groups in total. The molecule has 0 spiro atoms. The molecule has 2 heteroatoms. The highest BCUT2D eigenvalue weighted by molar-refractivity contribution is 7.12. The van der Waals surface area contributed by atoms with Crippen LogP contribution in [0.4, 0.5) is 0 Å². The van der Waals surface area contributed by atoms with Gasteiger partial charge < -0.3 is 0 Å². The van der Waals surface area contributed by atoms with Crippen molar-refractivity contribution in [1.82, 2.24) is 4.98 Å². The van der Waals surface area contributed by atoms with Crippen LogP contribution < -0.4 is 0 Å². The van der Waals surface area contributed by atoms with Gasteiger partial charge in [0.05, 0.1) is 5.01 Å². The van der Waals surface area contributed by atoms with Crippen molar-refractivity contribution in [2.24, 2.45) is 0 Å². The molecule has 0 radical (unpaired) electrons. The van der Waals surface area contributed by atoms with Crippen LogP contribution in [0.5, 0.6) is 0 Å². The van der Waals surface area contributed by atoms with Crippen LogP contribution in [0, 0.1) is 0 Å². The molecule has 1 aromatic heterocycles. The van der Waals surface area contributed by atoms with Crippen LogP contribution in [-0.2, 0) is 0 Å². The lowest BCUT2D eigenvalue weighted by molar-refractivity contribution is 0.512. The molecule has 0 saturated carbocycles. The molecular formula is C9H13NS. The summed E-state index contributed by atoms with van der Waals surface area (Å²) in [5.74, 6) is 1.56. The summed E-state index contributed by atoms with van der Waals surface area (Å²) in [7, 11) is 0. The molecule has 2 rings (SSSR count). The number of hydrogen-bond acceptors (Lipinski definition) is 2. The fourth-order valence-corrected chi connectivity index (χ4v) is 3.38. The van der Waals surface area contributed by atoms with E-state index in [0.717, 1.165) is 11.8 Å². The summed E-state index contributed by atoms with van der Waals surface area (Å²) in [6.07, 6.45) is 4.58. The van der Waals surface area contributed by atoms with Crippen molar-refractivity contribution in [3.05, 3.63) is 16.1 Å². The quantitative estimate of drug-likeness (QED) is 0.659. The van der Waals surface area contributed by atoms with E-state index in [1.807, 2.05) is 11.3 Å². The van der Waals surface area contributed by atoms with E-state index in [0.29, 0.717) is 0 Å². The molecule has 0 saturated heterocycles. The zero-order valence-corrected chi connectivity index (χ0v) is 7.82. The zero-order valence-electron chi connectivity index (χ0n) is 7.00. The Labute approximate surface area is 71.5 Å². The van der Waals surface area contributed by atoms with Crippen LogP contribution in [0.15, 0.2) is 6.20 Å². The van der Waals surface area contributed by atoms with Gasteiger partial charge in [-0.1, -0.05) is 13.8 Å². The van der Waals surface area contributed by atoms with Crippen LogP contribution in [-0.4, -0.2) is 4.98 Å². The monoisotopic (exact) mass is 167 g/mol. The molecule has 11 heavy (non-hydrogen) atoms. The van der Waals surface area contributed by atoms with Crippen LogP contribution in [0.25, 0.3) is 0 Å². The molecule has 2 heterocycles. The maximum atomic E-state index is 4.37. The normalized spacial score (nSPS) is 27.8. The van der Waals surface area contributed by atoms with Crippen molar-refractivity contribution in [2.45, 2.75) is 38.5 Å². The van der Waals surface area contributed by atoms with Crippen molar-refractivity contribution in [3.63, 3.8) is 0 Å². The third-order valence-corrected chi connectivity index (χ3v) is 3.85. The summed E-state index contributed by atoms with van der Waals surface area (Å²) in [5, 5.41) is 1.37. The van der Waals surface area contributed by atoms with Crippen molar-refractivity contribution < 1.29 is 0 Å². The standard InChI is InChI=1S/C9H13NS/c1-3-6-7(4-2)9-10-5-8(6)11-9/h5-7H,3-4H2,1-2H3. The number of hydrogen-bond donors (Lipinski definition) is 0. The zero-order chi connectivity index (χ0) is 7.84. The number of fused-ring (bicyclic) bond motifs is 2. The average Bonchev–Trinajstić information content (AvgIpc) is 2.60. The Kier molecular flexibility index (Phi) is 1.72. The van der Waals surface area contributed by atoms with E-state index in [2.05, 4.69) is 25.0 Å². The van der Waals surface area contributed by atoms with E-state index in [-0.39, 0.29) is 0 Å². The molecule has 2 atom stereocenters. The number of aromatic nitrogens is 1. The van der Waals surface area contributed by atoms with E-state index in [1.165, 1.54) is 22.7 Å². The van der Waals surface area contributed by atoms with Gasteiger partial charge in [0.25, 0.3) is 0 Å². The van der Waals surface area contributed by atoms with Gasteiger partial charge in [-0.05, 0) is 12.8 Å². The lowest BCUT2D eigenvalue weighted by Gasteiger charge is -2.18. The fraction of sp³-hybridized carbons (Fsp3) is 0.667. The molecule has 1 nitrogen and oxygen atoms in total. The lowest BCUT2D eigenvalue weighted by Crippen LogP contribution is -2.07. The SMILES string of the molecule is CCC1c2cnc(s2)C1CC. The maximum absolute atomic E-state index is 4.37. The van der Waals surface area contributed by atoms with Gasteiger partial charge >= 0.3 is 0 Å². The van der Waals surface area contributed by atoms with Gasteiger partial charge in [0.2, 0.25) is 0 Å². The molecule has 60 valence electrons.